The smallest absolute Gasteiger partial charge is 0.383 e. The number of nitrogens with one attached hydrogen (secondary N) is 1. The number of hydrogen-bond donors (Lipinski definition) is 1. The number of benzene rings is 1. The van der Waals surface area contributed by atoms with Gasteiger partial charge < -0.3 is 10.1 Å². The molecule has 1 atom stereocenters. The quantitative estimate of drug-likeness (QED) is 0.842. The van der Waals surface area contributed by atoms with E-state index in [1.54, 1.807) is 24.3 Å². The van der Waals surface area contributed by atoms with Crippen LogP contribution in [-0.2, 0) is 4.79 Å². The van der Waals surface area contributed by atoms with E-state index in [9.17, 15) is 22.4 Å². The summed E-state index contributed by atoms with van der Waals surface area (Å²) in [4.78, 5) is 11.1. The Morgan fingerprint density at radius 1 is 1.32 bits per heavy atom. The van der Waals surface area contributed by atoms with Crippen molar-refractivity contribution in [1.29, 1.82) is 0 Å². The molecule has 1 rings (SSSR count). The SMILES string of the molecule is COc1ccccc1[C@H](C)NC(=O)C(F)(F)C(F)F. The zero-order valence-electron chi connectivity index (χ0n) is 10.3. The molecule has 0 aliphatic carbocycles. The molecule has 7 heteroatoms. The summed E-state index contributed by atoms with van der Waals surface area (Å²) in [5, 5.41) is 1.84. The Labute approximate surface area is 107 Å². The van der Waals surface area contributed by atoms with Gasteiger partial charge in [0.25, 0.3) is 5.91 Å². The molecule has 0 spiro atoms. The molecule has 0 radical (unpaired) electrons. The van der Waals surface area contributed by atoms with Crippen LogP contribution < -0.4 is 10.1 Å². The highest BCUT2D eigenvalue weighted by atomic mass is 19.3. The van der Waals surface area contributed by atoms with Crippen LogP contribution in [0.3, 0.4) is 0 Å². The van der Waals surface area contributed by atoms with E-state index < -0.39 is 24.3 Å². The number of halogens is 4. The summed E-state index contributed by atoms with van der Waals surface area (Å²) in [5.41, 5.74) is 0.420. The Balaban J connectivity index is 2.86. The molecule has 0 bridgehead atoms. The van der Waals surface area contributed by atoms with Crippen molar-refractivity contribution in [3.8, 4) is 5.75 Å². The number of carbonyl (C=O) groups excluding carboxylic acids is 1. The van der Waals surface area contributed by atoms with E-state index >= 15 is 0 Å². The van der Waals surface area contributed by atoms with Gasteiger partial charge in [-0.05, 0) is 13.0 Å². The van der Waals surface area contributed by atoms with Gasteiger partial charge in [-0.3, -0.25) is 4.79 Å². The van der Waals surface area contributed by atoms with Gasteiger partial charge in [0.1, 0.15) is 5.75 Å². The van der Waals surface area contributed by atoms with Gasteiger partial charge in [-0.25, -0.2) is 8.78 Å². The molecule has 1 aromatic carbocycles. The van der Waals surface area contributed by atoms with Crippen LogP contribution in [-0.4, -0.2) is 25.4 Å². The fourth-order valence-electron chi connectivity index (χ4n) is 1.49. The number of carbonyl (C=O) groups is 1. The van der Waals surface area contributed by atoms with Crippen LogP contribution in [0.4, 0.5) is 17.6 Å². The maximum Gasteiger partial charge on any atom is 0.383 e. The van der Waals surface area contributed by atoms with Crippen LogP contribution in [0.25, 0.3) is 0 Å². The van der Waals surface area contributed by atoms with E-state index in [0.717, 1.165) is 0 Å². The molecule has 0 aromatic heterocycles. The molecule has 1 N–H and O–H groups in total. The molecular formula is C12H13F4NO2. The van der Waals surface area contributed by atoms with Gasteiger partial charge >= 0.3 is 12.3 Å². The maximum absolute atomic E-state index is 12.8. The highest BCUT2D eigenvalue weighted by Crippen LogP contribution is 2.27. The van der Waals surface area contributed by atoms with Crippen molar-refractivity contribution < 1.29 is 27.1 Å². The second kappa shape index (κ2) is 5.90. The van der Waals surface area contributed by atoms with E-state index in [4.69, 9.17) is 4.74 Å². The van der Waals surface area contributed by atoms with Crippen LogP contribution in [0.2, 0.25) is 0 Å². The molecule has 1 aromatic rings. The van der Waals surface area contributed by atoms with E-state index in [0.29, 0.717) is 11.3 Å². The van der Waals surface area contributed by atoms with Crippen molar-refractivity contribution in [3.63, 3.8) is 0 Å². The lowest BCUT2D eigenvalue weighted by atomic mass is 10.1. The van der Waals surface area contributed by atoms with Crippen molar-refractivity contribution in [1.82, 2.24) is 5.32 Å². The summed E-state index contributed by atoms with van der Waals surface area (Å²) in [6.45, 7) is 1.40. The molecule has 0 saturated carbocycles. The first-order valence-corrected chi connectivity index (χ1v) is 5.40. The Bertz CT molecular complexity index is 451. The van der Waals surface area contributed by atoms with Gasteiger partial charge in [0.05, 0.1) is 13.2 Å². The minimum atomic E-state index is -4.71. The monoisotopic (exact) mass is 279 g/mol. The Hall–Kier alpha value is -1.79. The highest BCUT2D eigenvalue weighted by Gasteiger charge is 2.49. The van der Waals surface area contributed by atoms with Crippen LogP contribution in [0, 0.1) is 0 Å². The van der Waals surface area contributed by atoms with Gasteiger partial charge in [0.2, 0.25) is 0 Å². The van der Waals surface area contributed by atoms with Gasteiger partial charge in [0, 0.05) is 5.56 Å². The van der Waals surface area contributed by atoms with Gasteiger partial charge in [-0.2, -0.15) is 8.78 Å². The summed E-state index contributed by atoms with van der Waals surface area (Å²) in [6, 6.07) is 5.51. The highest BCUT2D eigenvalue weighted by molar-refractivity contribution is 5.84. The third-order valence-corrected chi connectivity index (χ3v) is 2.53. The van der Waals surface area contributed by atoms with Gasteiger partial charge in [-0.15, -0.1) is 0 Å². The molecule has 0 unspecified atom stereocenters. The third-order valence-electron chi connectivity index (χ3n) is 2.53. The first-order valence-electron chi connectivity index (χ1n) is 5.40. The van der Waals surface area contributed by atoms with Crippen LogP contribution in [0.1, 0.15) is 18.5 Å². The average molecular weight is 279 g/mol. The van der Waals surface area contributed by atoms with Crippen molar-refractivity contribution in [2.75, 3.05) is 7.11 Å². The summed E-state index contributed by atoms with van der Waals surface area (Å²) in [7, 11) is 1.38. The molecular weight excluding hydrogens is 266 g/mol. The first kappa shape index (κ1) is 15.3. The first-order chi connectivity index (χ1) is 8.80. The number of methoxy groups -OCH3 is 1. The molecule has 19 heavy (non-hydrogen) atoms. The molecule has 0 heterocycles. The number of hydrogen-bond acceptors (Lipinski definition) is 2. The van der Waals surface area contributed by atoms with E-state index in [1.165, 1.54) is 14.0 Å². The number of rotatable bonds is 5. The largest absolute Gasteiger partial charge is 0.496 e. The second-order valence-electron chi connectivity index (χ2n) is 3.86. The third kappa shape index (κ3) is 3.36. The van der Waals surface area contributed by atoms with E-state index in [-0.39, 0.29) is 0 Å². The molecule has 0 aliphatic rings. The number of ether oxygens (including phenoxy) is 1. The van der Waals surface area contributed by atoms with E-state index in [1.807, 2.05) is 5.32 Å². The molecule has 0 fully saturated rings. The second-order valence-corrected chi connectivity index (χ2v) is 3.86. The predicted octanol–water partition coefficient (Wildman–Crippen LogP) is 2.77. The molecule has 106 valence electrons. The van der Waals surface area contributed by atoms with Crippen molar-refractivity contribution in [2.45, 2.75) is 25.3 Å². The summed E-state index contributed by atoms with van der Waals surface area (Å²) >= 11 is 0. The van der Waals surface area contributed by atoms with E-state index in [2.05, 4.69) is 0 Å². The van der Waals surface area contributed by atoms with Gasteiger partial charge in [-0.1, -0.05) is 18.2 Å². The topological polar surface area (TPSA) is 38.3 Å². The Kier molecular flexibility index (Phi) is 4.74. The fraction of sp³-hybridized carbons (Fsp3) is 0.417. The lowest BCUT2D eigenvalue weighted by Gasteiger charge is -2.20. The summed E-state index contributed by atoms with van der Waals surface area (Å²) < 4.78 is 54.7. The number of alkyl halides is 4. The lowest BCUT2D eigenvalue weighted by molar-refractivity contribution is -0.170. The standard InChI is InChI=1S/C12H13F4NO2/c1-7(8-5-3-4-6-9(8)19-2)17-11(18)12(15,16)10(13)14/h3-7,10H,1-2H3,(H,17,18)/t7-/m0/s1. The summed E-state index contributed by atoms with van der Waals surface area (Å²) in [6.07, 6.45) is -4.04. The van der Waals surface area contributed by atoms with Crippen LogP contribution in [0.15, 0.2) is 24.3 Å². The van der Waals surface area contributed by atoms with Crippen LogP contribution in [0.5, 0.6) is 5.75 Å². The molecule has 3 nitrogen and oxygen atoms in total. The molecule has 1 amide bonds. The lowest BCUT2D eigenvalue weighted by Crippen LogP contribution is -2.46. The van der Waals surface area contributed by atoms with Crippen molar-refractivity contribution >= 4 is 5.91 Å². The fourth-order valence-corrected chi connectivity index (χ4v) is 1.49. The van der Waals surface area contributed by atoms with Crippen LogP contribution >= 0.6 is 0 Å². The van der Waals surface area contributed by atoms with Crippen molar-refractivity contribution in [2.24, 2.45) is 0 Å². The number of para-hydroxylation sites is 1. The zero-order valence-corrected chi connectivity index (χ0v) is 10.3. The molecule has 0 aliphatic heterocycles. The predicted molar refractivity (Wildman–Crippen MR) is 60.5 cm³/mol. The average Bonchev–Trinajstić information content (AvgIpc) is 2.38. The Morgan fingerprint density at radius 3 is 2.42 bits per heavy atom. The minimum Gasteiger partial charge on any atom is -0.496 e. The maximum atomic E-state index is 12.8. The Morgan fingerprint density at radius 2 is 1.89 bits per heavy atom. The molecule has 0 saturated heterocycles. The zero-order chi connectivity index (χ0) is 14.6. The minimum absolute atomic E-state index is 0.371. The normalized spacial score (nSPS) is 13.2. The summed E-state index contributed by atoms with van der Waals surface area (Å²) in [5.74, 6) is -6.35. The van der Waals surface area contributed by atoms with Gasteiger partial charge in [0.15, 0.2) is 0 Å². The van der Waals surface area contributed by atoms with Crippen molar-refractivity contribution in [3.05, 3.63) is 29.8 Å². The number of amides is 1.